The minimum atomic E-state index is -0.807. The van der Waals surface area contributed by atoms with Crippen LogP contribution < -0.4 is 4.74 Å². The first-order chi connectivity index (χ1) is 8.58. The summed E-state index contributed by atoms with van der Waals surface area (Å²) in [5.74, 6) is 0.0578. The van der Waals surface area contributed by atoms with Gasteiger partial charge in [-0.15, -0.1) is 0 Å². The SMILES string of the molecule is CCOc1ccc(/C(C)=C/CC(=O)O)c(CC)c1. The van der Waals surface area contributed by atoms with Crippen LogP contribution in [-0.2, 0) is 11.2 Å². The van der Waals surface area contributed by atoms with Gasteiger partial charge in [0.25, 0.3) is 0 Å². The highest BCUT2D eigenvalue weighted by atomic mass is 16.5. The van der Waals surface area contributed by atoms with Crippen LogP contribution in [0.4, 0.5) is 0 Å². The molecule has 3 heteroatoms. The number of aliphatic carboxylic acids is 1. The topological polar surface area (TPSA) is 46.5 Å². The van der Waals surface area contributed by atoms with Crippen LogP contribution in [0.5, 0.6) is 5.75 Å². The Labute approximate surface area is 108 Å². The second kappa shape index (κ2) is 6.84. The van der Waals surface area contributed by atoms with Gasteiger partial charge in [0.05, 0.1) is 13.0 Å². The molecule has 1 aromatic rings. The summed E-state index contributed by atoms with van der Waals surface area (Å²) in [5, 5.41) is 8.69. The van der Waals surface area contributed by atoms with Gasteiger partial charge < -0.3 is 9.84 Å². The third-order valence-corrected chi connectivity index (χ3v) is 2.78. The lowest BCUT2D eigenvalue weighted by atomic mass is 9.98. The van der Waals surface area contributed by atoms with Crippen molar-refractivity contribution >= 4 is 11.5 Å². The maximum absolute atomic E-state index is 10.6. The standard InChI is InChI=1S/C15H20O3/c1-4-12-10-13(18-5-2)7-8-14(12)11(3)6-9-15(16)17/h6-8,10H,4-5,9H2,1-3H3,(H,16,17)/b11-6+. The van der Waals surface area contributed by atoms with Crippen molar-refractivity contribution in [1.82, 2.24) is 0 Å². The fraction of sp³-hybridized carbons (Fsp3) is 0.400. The third kappa shape index (κ3) is 3.91. The Bertz CT molecular complexity index is 447. The van der Waals surface area contributed by atoms with Gasteiger partial charge in [-0.05, 0) is 49.1 Å². The molecule has 0 radical (unpaired) electrons. The largest absolute Gasteiger partial charge is 0.494 e. The molecule has 0 atom stereocenters. The zero-order valence-electron chi connectivity index (χ0n) is 11.2. The van der Waals surface area contributed by atoms with Gasteiger partial charge in [0, 0.05) is 0 Å². The maximum Gasteiger partial charge on any atom is 0.307 e. The van der Waals surface area contributed by atoms with Gasteiger partial charge in [-0.1, -0.05) is 19.1 Å². The molecule has 1 rings (SSSR count). The van der Waals surface area contributed by atoms with Crippen LogP contribution in [0, 0.1) is 0 Å². The molecular weight excluding hydrogens is 228 g/mol. The zero-order valence-corrected chi connectivity index (χ0v) is 11.2. The molecular formula is C15H20O3. The second-order valence-corrected chi connectivity index (χ2v) is 4.09. The first-order valence-electron chi connectivity index (χ1n) is 6.23. The third-order valence-electron chi connectivity index (χ3n) is 2.78. The first-order valence-corrected chi connectivity index (χ1v) is 6.23. The van der Waals surface area contributed by atoms with Crippen LogP contribution in [0.15, 0.2) is 24.3 Å². The van der Waals surface area contributed by atoms with Crippen molar-refractivity contribution < 1.29 is 14.6 Å². The van der Waals surface area contributed by atoms with Crippen molar-refractivity contribution in [2.24, 2.45) is 0 Å². The fourth-order valence-corrected chi connectivity index (χ4v) is 1.85. The smallest absolute Gasteiger partial charge is 0.307 e. The van der Waals surface area contributed by atoms with Crippen molar-refractivity contribution in [3.8, 4) is 5.75 Å². The number of carbonyl (C=O) groups is 1. The number of hydrogen-bond acceptors (Lipinski definition) is 2. The number of rotatable bonds is 6. The fourth-order valence-electron chi connectivity index (χ4n) is 1.85. The number of aryl methyl sites for hydroxylation is 1. The number of benzene rings is 1. The molecule has 0 aliphatic carbocycles. The molecule has 0 amide bonds. The van der Waals surface area contributed by atoms with E-state index in [-0.39, 0.29) is 6.42 Å². The maximum atomic E-state index is 10.6. The average Bonchev–Trinajstić information content (AvgIpc) is 2.36. The summed E-state index contributed by atoms with van der Waals surface area (Å²) in [7, 11) is 0. The van der Waals surface area contributed by atoms with Crippen LogP contribution >= 0.6 is 0 Å². The van der Waals surface area contributed by atoms with Gasteiger partial charge in [0.15, 0.2) is 0 Å². The Morgan fingerprint density at radius 2 is 2.11 bits per heavy atom. The van der Waals surface area contributed by atoms with E-state index >= 15 is 0 Å². The second-order valence-electron chi connectivity index (χ2n) is 4.09. The van der Waals surface area contributed by atoms with E-state index in [2.05, 4.69) is 6.92 Å². The molecule has 0 aromatic heterocycles. The lowest BCUT2D eigenvalue weighted by molar-refractivity contribution is -0.135. The van der Waals surface area contributed by atoms with Crippen molar-refractivity contribution in [1.29, 1.82) is 0 Å². The predicted molar refractivity (Wildman–Crippen MR) is 72.9 cm³/mol. The number of carboxylic acids is 1. The summed E-state index contributed by atoms with van der Waals surface area (Å²) in [6.07, 6.45) is 2.70. The highest BCUT2D eigenvalue weighted by Crippen LogP contribution is 2.24. The molecule has 0 aliphatic heterocycles. The van der Waals surface area contributed by atoms with Crippen LogP contribution in [0.1, 0.15) is 38.3 Å². The molecule has 98 valence electrons. The van der Waals surface area contributed by atoms with E-state index in [4.69, 9.17) is 9.84 Å². The normalized spacial score (nSPS) is 11.4. The van der Waals surface area contributed by atoms with E-state index in [1.54, 1.807) is 6.08 Å². The van der Waals surface area contributed by atoms with E-state index in [9.17, 15) is 4.79 Å². The van der Waals surface area contributed by atoms with Gasteiger partial charge in [0.1, 0.15) is 5.75 Å². The van der Waals surface area contributed by atoms with Crippen LogP contribution in [0.3, 0.4) is 0 Å². The van der Waals surface area contributed by atoms with Crippen molar-refractivity contribution in [3.05, 3.63) is 35.4 Å². The Kier molecular flexibility index (Phi) is 5.43. The van der Waals surface area contributed by atoms with E-state index in [1.165, 1.54) is 5.56 Å². The van der Waals surface area contributed by atoms with Gasteiger partial charge in [-0.3, -0.25) is 4.79 Å². The van der Waals surface area contributed by atoms with Gasteiger partial charge >= 0.3 is 5.97 Å². The number of hydrogen-bond donors (Lipinski definition) is 1. The minimum absolute atomic E-state index is 0.0577. The van der Waals surface area contributed by atoms with E-state index < -0.39 is 5.97 Å². The summed E-state index contributed by atoms with van der Waals surface area (Å²) < 4.78 is 5.47. The van der Waals surface area contributed by atoms with E-state index in [1.807, 2.05) is 32.0 Å². The quantitative estimate of drug-likeness (QED) is 0.837. The molecule has 0 heterocycles. The van der Waals surface area contributed by atoms with Crippen molar-refractivity contribution in [2.75, 3.05) is 6.61 Å². The minimum Gasteiger partial charge on any atom is -0.494 e. The predicted octanol–water partition coefficient (Wildman–Crippen LogP) is 3.53. The zero-order chi connectivity index (χ0) is 13.5. The van der Waals surface area contributed by atoms with Gasteiger partial charge in [0.2, 0.25) is 0 Å². The molecule has 1 N–H and O–H groups in total. The summed E-state index contributed by atoms with van der Waals surface area (Å²) in [5.41, 5.74) is 3.28. The molecule has 0 aliphatic rings. The molecule has 0 fully saturated rings. The number of carboxylic acid groups (broad SMARTS) is 1. The van der Waals surface area contributed by atoms with Crippen LogP contribution in [0.2, 0.25) is 0 Å². The lowest BCUT2D eigenvalue weighted by Crippen LogP contribution is -1.96. The molecule has 0 spiro atoms. The molecule has 0 saturated heterocycles. The van der Waals surface area contributed by atoms with E-state index in [0.717, 1.165) is 23.3 Å². The van der Waals surface area contributed by atoms with Crippen molar-refractivity contribution in [2.45, 2.75) is 33.6 Å². The summed E-state index contributed by atoms with van der Waals surface area (Å²) in [4.78, 5) is 10.6. The number of allylic oxidation sites excluding steroid dienone is 1. The van der Waals surface area contributed by atoms with Gasteiger partial charge in [-0.25, -0.2) is 0 Å². The Hall–Kier alpha value is -1.77. The Morgan fingerprint density at radius 1 is 1.39 bits per heavy atom. The molecule has 0 unspecified atom stereocenters. The Morgan fingerprint density at radius 3 is 2.67 bits per heavy atom. The van der Waals surface area contributed by atoms with Gasteiger partial charge in [-0.2, -0.15) is 0 Å². The summed E-state index contributed by atoms with van der Waals surface area (Å²) >= 11 is 0. The first kappa shape index (κ1) is 14.3. The molecule has 3 nitrogen and oxygen atoms in total. The summed E-state index contributed by atoms with van der Waals surface area (Å²) in [6.45, 7) is 6.63. The van der Waals surface area contributed by atoms with Crippen LogP contribution in [0.25, 0.3) is 5.57 Å². The lowest BCUT2D eigenvalue weighted by Gasteiger charge is -2.11. The molecule has 0 bridgehead atoms. The molecule has 0 saturated carbocycles. The number of ether oxygens (including phenoxy) is 1. The monoisotopic (exact) mass is 248 g/mol. The van der Waals surface area contributed by atoms with Crippen molar-refractivity contribution in [3.63, 3.8) is 0 Å². The van der Waals surface area contributed by atoms with E-state index in [0.29, 0.717) is 6.61 Å². The summed E-state index contributed by atoms with van der Waals surface area (Å²) in [6, 6.07) is 5.95. The molecule has 18 heavy (non-hydrogen) atoms. The highest BCUT2D eigenvalue weighted by Gasteiger charge is 2.05. The molecule has 1 aromatic carbocycles. The van der Waals surface area contributed by atoms with Crippen LogP contribution in [-0.4, -0.2) is 17.7 Å². The Balaban J connectivity index is 3.01. The highest BCUT2D eigenvalue weighted by molar-refractivity contribution is 5.74. The average molecular weight is 248 g/mol.